The summed E-state index contributed by atoms with van der Waals surface area (Å²) in [5.74, 6) is 1.66. The van der Waals surface area contributed by atoms with Crippen molar-refractivity contribution in [3.8, 4) is 11.5 Å². The fourth-order valence-electron chi connectivity index (χ4n) is 2.28. The normalized spacial score (nSPS) is 21.3. The van der Waals surface area contributed by atoms with Crippen molar-refractivity contribution in [2.75, 3.05) is 19.8 Å². The first kappa shape index (κ1) is 12.7. The van der Waals surface area contributed by atoms with E-state index in [0.29, 0.717) is 32.7 Å². The summed E-state index contributed by atoms with van der Waals surface area (Å²) >= 11 is 3.50. The molecule has 0 bridgehead atoms. The van der Waals surface area contributed by atoms with E-state index in [2.05, 4.69) is 26.6 Å². The highest BCUT2D eigenvalue weighted by Gasteiger charge is 2.21. The zero-order valence-electron chi connectivity index (χ0n) is 10.4. The molecule has 1 amide bonds. The lowest BCUT2D eigenvalue weighted by Crippen LogP contribution is -2.30. The topological polar surface area (TPSA) is 59.6 Å². The Hall–Kier alpha value is -1.27. The third-order valence-corrected chi connectivity index (χ3v) is 3.82. The van der Waals surface area contributed by atoms with Crippen LogP contribution in [0.2, 0.25) is 0 Å². The number of ether oxygens (including phenoxy) is 2. The van der Waals surface area contributed by atoms with Crippen molar-refractivity contribution in [1.29, 1.82) is 0 Å². The van der Waals surface area contributed by atoms with E-state index in [4.69, 9.17) is 9.47 Å². The van der Waals surface area contributed by atoms with E-state index >= 15 is 0 Å². The molecule has 1 saturated heterocycles. The smallest absolute Gasteiger partial charge is 0.221 e. The third kappa shape index (κ3) is 2.84. The number of fused-ring (bicyclic) bond motifs is 1. The van der Waals surface area contributed by atoms with Crippen LogP contribution in [-0.2, 0) is 11.3 Å². The standard InChI is InChI=1S/C13H15BrN2O3/c14-10-3-8(4-11-13(10)19-2-1-18-11)6-15-9-5-12(17)16-7-9/h3-4,9,15H,1-2,5-7H2,(H,16,17). The molecule has 0 aromatic heterocycles. The van der Waals surface area contributed by atoms with Gasteiger partial charge in [-0.25, -0.2) is 0 Å². The Morgan fingerprint density at radius 3 is 3.00 bits per heavy atom. The summed E-state index contributed by atoms with van der Waals surface area (Å²) in [7, 11) is 0. The van der Waals surface area contributed by atoms with Crippen LogP contribution in [0.3, 0.4) is 0 Å². The van der Waals surface area contributed by atoms with Gasteiger partial charge in [-0.15, -0.1) is 0 Å². The molecule has 1 atom stereocenters. The monoisotopic (exact) mass is 326 g/mol. The van der Waals surface area contributed by atoms with Gasteiger partial charge in [0.1, 0.15) is 13.2 Å². The summed E-state index contributed by atoms with van der Waals surface area (Å²) in [5, 5.41) is 6.17. The Bertz CT molecular complexity index is 507. The van der Waals surface area contributed by atoms with Crippen LogP contribution in [0.15, 0.2) is 16.6 Å². The summed E-state index contributed by atoms with van der Waals surface area (Å²) in [6.45, 7) is 2.57. The molecule has 0 radical (unpaired) electrons. The lowest BCUT2D eigenvalue weighted by molar-refractivity contribution is -0.119. The summed E-state index contributed by atoms with van der Waals surface area (Å²) < 4.78 is 12.0. The molecule has 5 nitrogen and oxygen atoms in total. The van der Waals surface area contributed by atoms with Crippen LogP contribution in [0, 0.1) is 0 Å². The van der Waals surface area contributed by atoms with Crippen molar-refractivity contribution in [2.24, 2.45) is 0 Å². The molecule has 0 saturated carbocycles. The molecule has 2 heterocycles. The van der Waals surface area contributed by atoms with E-state index in [9.17, 15) is 4.79 Å². The minimum absolute atomic E-state index is 0.112. The molecule has 3 rings (SSSR count). The predicted molar refractivity (Wildman–Crippen MR) is 73.4 cm³/mol. The highest BCUT2D eigenvalue weighted by molar-refractivity contribution is 9.10. The molecule has 1 fully saturated rings. The van der Waals surface area contributed by atoms with Gasteiger partial charge < -0.3 is 20.1 Å². The fourth-order valence-corrected chi connectivity index (χ4v) is 2.88. The molecule has 2 aliphatic rings. The van der Waals surface area contributed by atoms with Gasteiger partial charge in [0, 0.05) is 25.6 Å². The van der Waals surface area contributed by atoms with E-state index in [1.54, 1.807) is 0 Å². The SMILES string of the molecule is O=C1CC(NCc2cc(Br)c3c(c2)OCCO3)CN1. The maximum absolute atomic E-state index is 11.1. The number of carbonyl (C=O) groups is 1. The first-order chi connectivity index (χ1) is 9.22. The number of amides is 1. The zero-order valence-corrected chi connectivity index (χ0v) is 12.0. The van der Waals surface area contributed by atoms with Crippen LogP contribution in [0.5, 0.6) is 11.5 Å². The lowest BCUT2D eigenvalue weighted by Gasteiger charge is -2.21. The second-order valence-electron chi connectivity index (χ2n) is 4.69. The molecular formula is C13H15BrN2O3. The van der Waals surface area contributed by atoms with Crippen LogP contribution >= 0.6 is 15.9 Å². The minimum Gasteiger partial charge on any atom is -0.486 e. The van der Waals surface area contributed by atoms with Crippen molar-refractivity contribution in [3.05, 3.63) is 22.2 Å². The van der Waals surface area contributed by atoms with Gasteiger partial charge in [0.25, 0.3) is 0 Å². The highest BCUT2D eigenvalue weighted by atomic mass is 79.9. The summed E-state index contributed by atoms with van der Waals surface area (Å²) in [6.07, 6.45) is 0.547. The van der Waals surface area contributed by atoms with Gasteiger partial charge in [0.2, 0.25) is 5.91 Å². The molecule has 6 heteroatoms. The molecule has 2 aliphatic heterocycles. The number of hydrogen-bond donors (Lipinski definition) is 2. The molecule has 0 aliphatic carbocycles. The average molecular weight is 327 g/mol. The van der Waals surface area contributed by atoms with E-state index in [1.165, 1.54) is 0 Å². The van der Waals surface area contributed by atoms with Crippen LogP contribution in [0.25, 0.3) is 0 Å². The van der Waals surface area contributed by atoms with Gasteiger partial charge in [-0.1, -0.05) is 0 Å². The largest absolute Gasteiger partial charge is 0.486 e. The average Bonchev–Trinajstić information content (AvgIpc) is 2.82. The van der Waals surface area contributed by atoms with Crippen LogP contribution in [0.4, 0.5) is 0 Å². The van der Waals surface area contributed by atoms with Crippen LogP contribution in [-0.4, -0.2) is 31.7 Å². The van der Waals surface area contributed by atoms with Crippen molar-refractivity contribution in [3.63, 3.8) is 0 Å². The molecule has 1 unspecified atom stereocenters. The summed E-state index contributed by atoms with van der Waals surface area (Å²) in [5.41, 5.74) is 1.11. The number of benzene rings is 1. The van der Waals surface area contributed by atoms with Gasteiger partial charge in [0.15, 0.2) is 11.5 Å². The lowest BCUT2D eigenvalue weighted by atomic mass is 10.1. The van der Waals surface area contributed by atoms with Gasteiger partial charge in [-0.3, -0.25) is 4.79 Å². The Labute approximate surface area is 119 Å². The first-order valence-electron chi connectivity index (χ1n) is 6.30. The number of hydrogen-bond acceptors (Lipinski definition) is 4. The predicted octanol–water partition coefficient (Wildman–Crippen LogP) is 1.20. The number of halogens is 1. The fraction of sp³-hybridized carbons (Fsp3) is 0.462. The van der Waals surface area contributed by atoms with Gasteiger partial charge in [-0.2, -0.15) is 0 Å². The van der Waals surface area contributed by atoms with E-state index < -0.39 is 0 Å². The molecule has 2 N–H and O–H groups in total. The maximum Gasteiger partial charge on any atom is 0.221 e. The zero-order chi connectivity index (χ0) is 13.2. The Kier molecular flexibility index (Phi) is 3.61. The van der Waals surface area contributed by atoms with Crippen LogP contribution < -0.4 is 20.1 Å². The molecule has 102 valence electrons. The van der Waals surface area contributed by atoms with Crippen LogP contribution in [0.1, 0.15) is 12.0 Å². The molecule has 1 aromatic rings. The van der Waals surface area contributed by atoms with E-state index in [1.807, 2.05) is 12.1 Å². The van der Waals surface area contributed by atoms with E-state index in [-0.39, 0.29) is 11.9 Å². The summed E-state index contributed by atoms with van der Waals surface area (Å²) in [4.78, 5) is 11.1. The molecule has 1 aromatic carbocycles. The Morgan fingerprint density at radius 2 is 2.21 bits per heavy atom. The quantitative estimate of drug-likeness (QED) is 0.876. The number of carbonyl (C=O) groups excluding carboxylic acids is 1. The van der Waals surface area contributed by atoms with Crippen molar-refractivity contribution in [2.45, 2.75) is 19.0 Å². The second-order valence-corrected chi connectivity index (χ2v) is 5.54. The third-order valence-electron chi connectivity index (χ3n) is 3.23. The first-order valence-corrected chi connectivity index (χ1v) is 7.10. The van der Waals surface area contributed by atoms with Crippen molar-refractivity contribution >= 4 is 21.8 Å². The van der Waals surface area contributed by atoms with Crippen molar-refractivity contribution < 1.29 is 14.3 Å². The minimum atomic E-state index is 0.112. The summed E-state index contributed by atoms with van der Waals surface area (Å²) in [6, 6.07) is 4.21. The van der Waals surface area contributed by atoms with E-state index in [0.717, 1.165) is 21.5 Å². The molecular weight excluding hydrogens is 312 g/mol. The molecule has 19 heavy (non-hydrogen) atoms. The second kappa shape index (κ2) is 5.38. The number of nitrogens with one attached hydrogen (secondary N) is 2. The number of rotatable bonds is 3. The Balaban J connectivity index is 1.68. The van der Waals surface area contributed by atoms with Gasteiger partial charge >= 0.3 is 0 Å². The van der Waals surface area contributed by atoms with Crippen molar-refractivity contribution in [1.82, 2.24) is 10.6 Å². The van der Waals surface area contributed by atoms with Gasteiger partial charge in [-0.05, 0) is 33.6 Å². The van der Waals surface area contributed by atoms with Gasteiger partial charge in [0.05, 0.1) is 4.47 Å². The Morgan fingerprint density at radius 1 is 1.37 bits per heavy atom. The molecule has 0 spiro atoms. The maximum atomic E-state index is 11.1. The highest BCUT2D eigenvalue weighted by Crippen LogP contribution is 2.38.